The number of hydrogen-bond acceptors (Lipinski definition) is 8. The first kappa shape index (κ1) is 17.1. The predicted molar refractivity (Wildman–Crippen MR) is 95.1 cm³/mol. The summed E-state index contributed by atoms with van der Waals surface area (Å²) in [4.78, 5) is 4.48. The Hall–Kier alpha value is -2.77. The van der Waals surface area contributed by atoms with E-state index in [-0.39, 0.29) is 0 Å². The lowest BCUT2D eigenvalue weighted by molar-refractivity contribution is 0.324. The standard InChI is InChI=1S/C17H23N5O3/c1-23-13-8-12(9-14(24-2)16(13)25-3)20-17-21-15(10-18-22-17)19-11-6-4-5-7-11/h8-11H,4-7H2,1-3H3,(H2,19,20,21,22). The Labute approximate surface area is 146 Å². The number of ether oxygens (including phenoxy) is 3. The van der Waals surface area contributed by atoms with Gasteiger partial charge in [0.1, 0.15) is 0 Å². The smallest absolute Gasteiger partial charge is 0.249 e. The van der Waals surface area contributed by atoms with Crippen LogP contribution in [0.25, 0.3) is 0 Å². The second-order valence-electron chi connectivity index (χ2n) is 5.83. The average Bonchev–Trinajstić information content (AvgIpc) is 3.14. The molecular formula is C17H23N5O3. The van der Waals surface area contributed by atoms with Gasteiger partial charge in [0.05, 0.1) is 27.5 Å². The van der Waals surface area contributed by atoms with Gasteiger partial charge in [-0.15, -0.1) is 5.10 Å². The van der Waals surface area contributed by atoms with Gasteiger partial charge in [-0.05, 0) is 12.8 Å². The van der Waals surface area contributed by atoms with Crippen LogP contribution < -0.4 is 24.8 Å². The van der Waals surface area contributed by atoms with E-state index in [1.165, 1.54) is 25.7 Å². The van der Waals surface area contributed by atoms with Crippen LogP contribution in [0.4, 0.5) is 17.5 Å². The van der Waals surface area contributed by atoms with Crippen LogP contribution in [0.1, 0.15) is 25.7 Å². The predicted octanol–water partition coefficient (Wildman–Crippen LogP) is 3.00. The number of rotatable bonds is 7. The van der Waals surface area contributed by atoms with Crippen LogP contribution in [-0.4, -0.2) is 42.6 Å². The topological polar surface area (TPSA) is 90.4 Å². The molecule has 25 heavy (non-hydrogen) atoms. The molecule has 1 saturated carbocycles. The van der Waals surface area contributed by atoms with E-state index in [0.29, 0.717) is 34.9 Å². The maximum absolute atomic E-state index is 5.36. The van der Waals surface area contributed by atoms with E-state index in [1.807, 2.05) is 0 Å². The molecule has 0 atom stereocenters. The number of benzene rings is 1. The van der Waals surface area contributed by atoms with Crippen LogP contribution in [0.15, 0.2) is 18.3 Å². The fraction of sp³-hybridized carbons (Fsp3) is 0.471. The summed E-state index contributed by atoms with van der Waals surface area (Å²) in [6.45, 7) is 0. The van der Waals surface area contributed by atoms with Crippen LogP contribution in [0, 0.1) is 0 Å². The summed E-state index contributed by atoms with van der Waals surface area (Å²) in [5.74, 6) is 2.76. The van der Waals surface area contributed by atoms with Gasteiger partial charge in [-0.25, -0.2) is 0 Å². The Morgan fingerprint density at radius 1 is 1.00 bits per heavy atom. The molecular weight excluding hydrogens is 322 g/mol. The molecule has 1 aromatic heterocycles. The highest BCUT2D eigenvalue weighted by Crippen LogP contribution is 2.40. The molecule has 0 bridgehead atoms. The summed E-state index contributed by atoms with van der Waals surface area (Å²) < 4.78 is 16.0. The van der Waals surface area contributed by atoms with Crippen molar-refractivity contribution in [1.29, 1.82) is 0 Å². The maximum atomic E-state index is 5.36. The van der Waals surface area contributed by atoms with Crippen molar-refractivity contribution in [2.24, 2.45) is 0 Å². The molecule has 3 rings (SSSR count). The van der Waals surface area contributed by atoms with E-state index in [1.54, 1.807) is 39.7 Å². The lowest BCUT2D eigenvalue weighted by Gasteiger charge is -2.15. The third-order valence-corrected chi connectivity index (χ3v) is 4.19. The van der Waals surface area contributed by atoms with Gasteiger partial charge < -0.3 is 24.8 Å². The molecule has 2 N–H and O–H groups in total. The molecule has 0 unspecified atom stereocenters. The summed E-state index contributed by atoms with van der Waals surface area (Å²) in [5.41, 5.74) is 0.717. The van der Waals surface area contributed by atoms with Crippen molar-refractivity contribution in [3.63, 3.8) is 0 Å². The lowest BCUT2D eigenvalue weighted by atomic mass is 10.2. The van der Waals surface area contributed by atoms with Crippen molar-refractivity contribution in [2.45, 2.75) is 31.7 Å². The molecule has 1 fully saturated rings. The van der Waals surface area contributed by atoms with E-state index >= 15 is 0 Å². The molecule has 1 aliphatic carbocycles. The third-order valence-electron chi connectivity index (χ3n) is 4.19. The summed E-state index contributed by atoms with van der Waals surface area (Å²) >= 11 is 0. The second kappa shape index (κ2) is 7.87. The van der Waals surface area contributed by atoms with Crippen LogP contribution >= 0.6 is 0 Å². The number of aromatic nitrogens is 3. The van der Waals surface area contributed by atoms with Gasteiger partial charge in [-0.3, -0.25) is 0 Å². The molecule has 2 aromatic rings. The van der Waals surface area contributed by atoms with Crippen molar-refractivity contribution in [3.8, 4) is 17.2 Å². The number of nitrogens with zero attached hydrogens (tertiary/aromatic N) is 3. The number of methoxy groups -OCH3 is 3. The zero-order valence-electron chi connectivity index (χ0n) is 14.7. The average molecular weight is 345 g/mol. The molecule has 8 nitrogen and oxygen atoms in total. The van der Waals surface area contributed by atoms with E-state index < -0.39 is 0 Å². The molecule has 1 aromatic carbocycles. The van der Waals surface area contributed by atoms with Gasteiger partial charge in [0, 0.05) is 23.9 Å². The number of nitrogens with one attached hydrogen (secondary N) is 2. The Morgan fingerprint density at radius 3 is 2.28 bits per heavy atom. The molecule has 0 amide bonds. The van der Waals surface area contributed by atoms with E-state index in [4.69, 9.17) is 14.2 Å². The monoisotopic (exact) mass is 345 g/mol. The minimum absolute atomic E-state index is 0.400. The van der Waals surface area contributed by atoms with Crippen molar-refractivity contribution in [3.05, 3.63) is 18.3 Å². The van der Waals surface area contributed by atoms with Crippen molar-refractivity contribution < 1.29 is 14.2 Å². The lowest BCUT2D eigenvalue weighted by Crippen LogP contribution is -2.16. The first-order valence-electron chi connectivity index (χ1n) is 8.26. The van der Waals surface area contributed by atoms with Gasteiger partial charge in [0.25, 0.3) is 0 Å². The molecule has 0 aliphatic heterocycles. The Kier molecular flexibility index (Phi) is 5.37. The first-order valence-corrected chi connectivity index (χ1v) is 8.26. The molecule has 0 radical (unpaired) electrons. The second-order valence-corrected chi connectivity index (χ2v) is 5.83. The number of anilines is 3. The zero-order chi connectivity index (χ0) is 17.6. The quantitative estimate of drug-likeness (QED) is 0.791. The minimum Gasteiger partial charge on any atom is -0.493 e. The third kappa shape index (κ3) is 4.01. The fourth-order valence-corrected chi connectivity index (χ4v) is 2.99. The van der Waals surface area contributed by atoms with Crippen LogP contribution in [-0.2, 0) is 0 Å². The normalized spacial score (nSPS) is 14.2. The highest BCUT2D eigenvalue weighted by atomic mass is 16.5. The molecule has 1 aliphatic rings. The molecule has 134 valence electrons. The number of hydrogen-bond donors (Lipinski definition) is 2. The van der Waals surface area contributed by atoms with Gasteiger partial charge in [0.15, 0.2) is 17.3 Å². The SMILES string of the molecule is COc1cc(Nc2nncc(NC3CCCC3)n2)cc(OC)c1OC. The van der Waals surface area contributed by atoms with Crippen LogP contribution in [0.2, 0.25) is 0 Å². The van der Waals surface area contributed by atoms with Crippen molar-refractivity contribution in [1.82, 2.24) is 15.2 Å². The summed E-state index contributed by atoms with van der Waals surface area (Å²) in [5, 5.41) is 14.6. The molecule has 0 saturated heterocycles. The summed E-state index contributed by atoms with van der Waals surface area (Å²) in [6, 6.07) is 4.05. The largest absolute Gasteiger partial charge is 0.493 e. The Morgan fingerprint density at radius 2 is 1.68 bits per heavy atom. The van der Waals surface area contributed by atoms with E-state index in [2.05, 4.69) is 25.8 Å². The van der Waals surface area contributed by atoms with Crippen molar-refractivity contribution in [2.75, 3.05) is 32.0 Å². The van der Waals surface area contributed by atoms with Crippen LogP contribution in [0.3, 0.4) is 0 Å². The molecule has 0 spiro atoms. The molecule has 8 heteroatoms. The van der Waals surface area contributed by atoms with Crippen LogP contribution in [0.5, 0.6) is 17.2 Å². The van der Waals surface area contributed by atoms with E-state index in [9.17, 15) is 0 Å². The Bertz CT molecular complexity index is 694. The van der Waals surface area contributed by atoms with Gasteiger partial charge >= 0.3 is 0 Å². The zero-order valence-corrected chi connectivity index (χ0v) is 14.7. The highest BCUT2D eigenvalue weighted by molar-refractivity contribution is 5.65. The minimum atomic E-state index is 0.400. The maximum Gasteiger partial charge on any atom is 0.249 e. The van der Waals surface area contributed by atoms with Crippen molar-refractivity contribution >= 4 is 17.5 Å². The van der Waals surface area contributed by atoms with E-state index in [0.717, 1.165) is 5.82 Å². The van der Waals surface area contributed by atoms with Gasteiger partial charge in [-0.1, -0.05) is 12.8 Å². The fourth-order valence-electron chi connectivity index (χ4n) is 2.99. The van der Waals surface area contributed by atoms with Gasteiger partial charge in [-0.2, -0.15) is 10.1 Å². The molecule has 1 heterocycles. The highest BCUT2D eigenvalue weighted by Gasteiger charge is 2.16. The van der Waals surface area contributed by atoms with Gasteiger partial charge in [0.2, 0.25) is 11.7 Å². The summed E-state index contributed by atoms with van der Waals surface area (Å²) in [7, 11) is 4.72. The summed E-state index contributed by atoms with van der Waals surface area (Å²) in [6.07, 6.45) is 6.48. The Balaban J connectivity index is 1.79. The first-order chi connectivity index (χ1) is 12.2.